The first-order valence-corrected chi connectivity index (χ1v) is 9.48. The summed E-state index contributed by atoms with van der Waals surface area (Å²) in [6.45, 7) is 3.58. The zero-order chi connectivity index (χ0) is 17.3. The average Bonchev–Trinajstić information content (AvgIpc) is 2.73. The van der Waals surface area contributed by atoms with Crippen LogP contribution in [0.3, 0.4) is 0 Å². The van der Waals surface area contributed by atoms with E-state index in [0.29, 0.717) is 17.0 Å². The SMILES string of the molecule is Cc1nn(-c2ccccc2)c(C)c1C(=O)N1CCS(=O)(=O)CCO1. The Morgan fingerprint density at radius 2 is 1.88 bits per heavy atom. The highest BCUT2D eigenvalue weighted by Crippen LogP contribution is 2.20. The smallest absolute Gasteiger partial charge is 0.270 e. The zero-order valence-electron chi connectivity index (χ0n) is 13.6. The topological polar surface area (TPSA) is 81.5 Å². The fourth-order valence-corrected chi connectivity index (χ4v) is 3.70. The van der Waals surface area contributed by atoms with Gasteiger partial charge in [-0.2, -0.15) is 5.10 Å². The van der Waals surface area contributed by atoms with Gasteiger partial charge in [0.1, 0.15) is 0 Å². The number of rotatable bonds is 2. The number of hydroxylamine groups is 2. The Morgan fingerprint density at radius 3 is 2.58 bits per heavy atom. The molecular weight excluding hydrogens is 330 g/mol. The summed E-state index contributed by atoms with van der Waals surface area (Å²) in [5.74, 6) is -0.522. The van der Waals surface area contributed by atoms with Crippen LogP contribution in [0.25, 0.3) is 5.69 Å². The number of carbonyl (C=O) groups excluding carboxylic acids is 1. The second-order valence-electron chi connectivity index (χ2n) is 5.69. The van der Waals surface area contributed by atoms with Crippen LogP contribution in [0.1, 0.15) is 21.7 Å². The molecule has 128 valence electrons. The number of sulfone groups is 1. The molecule has 1 aromatic carbocycles. The molecule has 7 nitrogen and oxygen atoms in total. The number of aryl methyl sites for hydroxylation is 1. The van der Waals surface area contributed by atoms with E-state index in [-0.39, 0.29) is 30.6 Å². The molecule has 1 aliphatic rings. The summed E-state index contributed by atoms with van der Waals surface area (Å²) in [4.78, 5) is 18.1. The van der Waals surface area contributed by atoms with E-state index in [1.807, 2.05) is 37.3 Å². The molecule has 1 fully saturated rings. The second kappa shape index (κ2) is 6.37. The van der Waals surface area contributed by atoms with E-state index in [1.54, 1.807) is 11.6 Å². The lowest BCUT2D eigenvalue weighted by Crippen LogP contribution is -2.33. The molecule has 0 atom stereocenters. The van der Waals surface area contributed by atoms with Gasteiger partial charge in [-0.15, -0.1) is 0 Å². The monoisotopic (exact) mass is 349 g/mol. The molecule has 0 radical (unpaired) electrons. The number of amides is 1. The normalized spacial score (nSPS) is 17.5. The predicted octanol–water partition coefficient (Wildman–Crippen LogP) is 1.29. The number of aromatic nitrogens is 2. The van der Waals surface area contributed by atoms with Gasteiger partial charge in [0.05, 0.1) is 47.3 Å². The molecule has 2 aromatic rings. The Labute approximate surface area is 140 Å². The number of hydrogen-bond donors (Lipinski definition) is 0. The van der Waals surface area contributed by atoms with Crippen molar-refractivity contribution in [3.8, 4) is 5.69 Å². The molecule has 0 N–H and O–H groups in total. The average molecular weight is 349 g/mol. The number of carbonyl (C=O) groups is 1. The minimum absolute atomic E-state index is 0.0149. The molecule has 0 aliphatic carbocycles. The highest BCUT2D eigenvalue weighted by molar-refractivity contribution is 7.91. The van der Waals surface area contributed by atoms with Crippen LogP contribution in [-0.2, 0) is 14.7 Å². The van der Waals surface area contributed by atoms with Crippen molar-refractivity contribution in [3.05, 3.63) is 47.3 Å². The summed E-state index contributed by atoms with van der Waals surface area (Å²) in [6.07, 6.45) is 0. The van der Waals surface area contributed by atoms with Gasteiger partial charge < -0.3 is 0 Å². The Hall–Kier alpha value is -2.19. The lowest BCUT2D eigenvalue weighted by atomic mass is 10.2. The van der Waals surface area contributed by atoms with Crippen LogP contribution in [0.2, 0.25) is 0 Å². The van der Waals surface area contributed by atoms with Gasteiger partial charge in [0.2, 0.25) is 0 Å². The van der Waals surface area contributed by atoms with Crippen molar-refractivity contribution >= 4 is 15.7 Å². The van der Waals surface area contributed by atoms with Gasteiger partial charge in [-0.25, -0.2) is 18.2 Å². The summed E-state index contributed by atoms with van der Waals surface area (Å²) in [7, 11) is -3.17. The minimum Gasteiger partial charge on any atom is -0.270 e. The highest BCUT2D eigenvalue weighted by Gasteiger charge is 2.28. The molecule has 8 heteroatoms. The minimum atomic E-state index is -3.17. The first kappa shape index (κ1) is 16.7. The Bertz CT molecular complexity index is 859. The summed E-state index contributed by atoms with van der Waals surface area (Å²) in [5.41, 5.74) is 2.58. The molecular formula is C16H19N3O4S. The maximum atomic E-state index is 12.8. The van der Waals surface area contributed by atoms with Crippen molar-refractivity contribution in [2.24, 2.45) is 0 Å². The van der Waals surface area contributed by atoms with Crippen LogP contribution in [0.4, 0.5) is 0 Å². The fourth-order valence-electron chi connectivity index (χ4n) is 2.72. The maximum absolute atomic E-state index is 12.8. The van der Waals surface area contributed by atoms with E-state index in [2.05, 4.69) is 5.10 Å². The second-order valence-corrected chi connectivity index (χ2v) is 7.99. The lowest BCUT2D eigenvalue weighted by molar-refractivity contribution is -0.111. The van der Waals surface area contributed by atoms with Crippen molar-refractivity contribution in [1.29, 1.82) is 0 Å². The van der Waals surface area contributed by atoms with Gasteiger partial charge in [0.15, 0.2) is 9.84 Å². The standard InChI is InChI=1S/C16H19N3O4S/c1-12-15(13(2)19(17-12)14-6-4-3-5-7-14)16(20)18-8-10-24(21,22)11-9-23-18/h3-7H,8-11H2,1-2H3. The molecule has 1 amide bonds. The van der Waals surface area contributed by atoms with Gasteiger partial charge in [-0.05, 0) is 26.0 Å². The number of nitrogens with zero attached hydrogens (tertiary/aromatic N) is 3. The predicted molar refractivity (Wildman–Crippen MR) is 88.7 cm³/mol. The van der Waals surface area contributed by atoms with Gasteiger partial charge in [-0.3, -0.25) is 9.63 Å². The number of hydrogen-bond acceptors (Lipinski definition) is 5. The van der Waals surface area contributed by atoms with E-state index >= 15 is 0 Å². The molecule has 0 spiro atoms. The van der Waals surface area contributed by atoms with Crippen LogP contribution in [0.15, 0.2) is 30.3 Å². The molecule has 2 heterocycles. The third kappa shape index (κ3) is 3.20. The van der Waals surface area contributed by atoms with Gasteiger partial charge in [0, 0.05) is 0 Å². The van der Waals surface area contributed by atoms with Crippen molar-refractivity contribution < 1.29 is 18.0 Å². The molecule has 0 bridgehead atoms. The summed E-state index contributed by atoms with van der Waals surface area (Å²) < 4.78 is 25.0. The molecule has 1 aromatic heterocycles. The van der Waals surface area contributed by atoms with Crippen molar-refractivity contribution in [3.63, 3.8) is 0 Å². The van der Waals surface area contributed by atoms with Crippen molar-refractivity contribution in [2.75, 3.05) is 24.7 Å². The summed E-state index contributed by atoms with van der Waals surface area (Å²) >= 11 is 0. The van der Waals surface area contributed by atoms with Crippen LogP contribution in [-0.4, -0.2) is 53.8 Å². The van der Waals surface area contributed by atoms with E-state index in [0.717, 1.165) is 10.8 Å². The van der Waals surface area contributed by atoms with Gasteiger partial charge in [0.25, 0.3) is 5.91 Å². The maximum Gasteiger partial charge on any atom is 0.281 e. The molecule has 24 heavy (non-hydrogen) atoms. The van der Waals surface area contributed by atoms with Gasteiger partial charge >= 0.3 is 0 Å². The van der Waals surface area contributed by atoms with Crippen LogP contribution < -0.4 is 0 Å². The summed E-state index contributed by atoms with van der Waals surface area (Å²) in [6, 6.07) is 9.52. The van der Waals surface area contributed by atoms with Crippen molar-refractivity contribution in [1.82, 2.24) is 14.8 Å². The molecule has 0 saturated carbocycles. The number of benzene rings is 1. The zero-order valence-corrected chi connectivity index (χ0v) is 14.4. The molecule has 1 saturated heterocycles. The number of para-hydroxylation sites is 1. The fraction of sp³-hybridized carbons (Fsp3) is 0.375. The third-order valence-corrected chi connectivity index (χ3v) is 5.57. The largest absolute Gasteiger partial charge is 0.281 e. The first-order valence-electron chi connectivity index (χ1n) is 7.66. The molecule has 1 aliphatic heterocycles. The van der Waals surface area contributed by atoms with E-state index in [1.165, 1.54) is 0 Å². The van der Waals surface area contributed by atoms with Gasteiger partial charge in [-0.1, -0.05) is 18.2 Å². The van der Waals surface area contributed by atoms with Crippen molar-refractivity contribution in [2.45, 2.75) is 13.8 Å². The van der Waals surface area contributed by atoms with Crippen LogP contribution in [0.5, 0.6) is 0 Å². The Kier molecular flexibility index (Phi) is 4.42. The Morgan fingerprint density at radius 1 is 1.17 bits per heavy atom. The Balaban J connectivity index is 1.92. The quantitative estimate of drug-likeness (QED) is 0.816. The third-order valence-electron chi connectivity index (χ3n) is 3.98. The summed E-state index contributed by atoms with van der Waals surface area (Å²) in [5, 5.41) is 5.58. The molecule has 0 unspecified atom stereocenters. The van der Waals surface area contributed by atoms with Crippen LogP contribution >= 0.6 is 0 Å². The lowest BCUT2D eigenvalue weighted by Gasteiger charge is -2.18. The first-order chi connectivity index (χ1) is 11.4. The highest BCUT2D eigenvalue weighted by atomic mass is 32.2. The van der Waals surface area contributed by atoms with Crippen LogP contribution in [0, 0.1) is 13.8 Å². The van der Waals surface area contributed by atoms with E-state index in [9.17, 15) is 13.2 Å². The molecule has 3 rings (SSSR count). The van der Waals surface area contributed by atoms with E-state index < -0.39 is 9.84 Å². The van der Waals surface area contributed by atoms with E-state index in [4.69, 9.17) is 4.84 Å².